The number of carbonyl (C=O) groups excluding carboxylic acids is 1. The van der Waals surface area contributed by atoms with Crippen molar-refractivity contribution in [3.63, 3.8) is 0 Å². The Morgan fingerprint density at radius 2 is 2.00 bits per heavy atom. The second kappa shape index (κ2) is 12.5. The molecule has 0 fully saturated rings. The van der Waals surface area contributed by atoms with E-state index in [1.54, 1.807) is 7.11 Å². The van der Waals surface area contributed by atoms with Gasteiger partial charge < -0.3 is 19.4 Å². The Bertz CT molecular complexity index is 747. The van der Waals surface area contributed by atoms with Gasteiger partial charge in [-0.1, -0.05) is 44.7 Å². The van der Waals surface area contributed by atoms with Gasteiger partial charge in [0, 0.05) is 26.8 Å². The van der Waals surface area contributed by atoms with Crippen LogP contribution in [0, 0.1) is 5.92 Å². The molecule has 0 aliphatic carbocycles. The van der Waals surface area contributed by atoms with Gasteiger partial charge in [-0.25, -0.2) is 0 Å². The zero-order chi connectivity index (χ0) is 21.1. The molecule has 0 aliphatic rings. The summed E-state index contributed by atoms with van der Waals surface area (Å²) in [6.45, 7) is 8.79. The number of carbonyl (C=O) groups is 1. The van der Waals surface area contributed by atoms with Gasteiger partial charge in [0.1, 0.15) is 12.4 Å². The largest absolute Gasteiger partial charge is 0.486 e. The molecule has 0 aliphatic heterocycles. The van der Waals surface area contributed by atoms with E-state index in [9.17, 15) is 4.79 Å². The van der Waals surface area contributed by atoms with E-state index in [-0.39, 0.29) is 5.91 Å². The third-order valence-corrected chi connectivity index (χ3v) is 5.19. The number of rotatable bonds is 13. The number of hydrogen-bond donors (Lipinski definition) is 1. The Kier molecular flexibility index (Phi) is 10.0. The van der Waals surface area contributed by atoms with E-state index in [4.69, 9.17) is 9.47 Å². The van der Waals surface area contributed by atoms with E-state index in [0.717, 1.165) is 36.1 Å². The van der Waals surface area contributed by atoms with Gasteiger partial charge in [-0.2, -0.15) is 0 Å². The van der Waals surface area contributed by atoms with Gasteiger partial charge >= 0.3 is 0 Å². The maximum atomic E-state index is 12.0. The van der Waals surface area contributed by atoms with Crippen molar-refractivity contribution in [2.24, 2.45) is 5.92 Å². The standard InChI is InChI=1S/C21H32N4O3S/c1-5-17-7-9-18(10-8-17)28-14-19-23-24-21(25(19)13-16(2)3)29-15-20(26)22-11-6-12-27-4/h7-10,16H,5-6,11-15H2,1-4H3,(H,22,26). The Labute approximate surface area is 177 Å². The Morgan fingerprint density at radius 1 is 1.24 bits per heavy atom. The lowest BCUT2D eigenvalue weighted by molar-refractivity contribution is -0.118. The first-order valence-electron chi connectivity index (χ1n) is 10.1. The van der Waals surface area contributed by atoms with Crippen molar-refractivity contribution in [1.82, 2.24) is 20.1 Å². The van der Waals surface area contributed by atoms with Crippen molar-refractivity contribution in [2.45, 2.75) is 51.9 Å². The van der Waals surface area contributed by atoms with Crippen LogP contribution in [-0.4, -0.2) is 46.7 Å². The van der Waals surface area contributed by atoms with Crippen molar-refractivity contribution in [3.05, 3.63) is 35.7 Å². The van der Waals surface area contributed by atoms with E-state index in [0.29, 0.717) is 31.4 Å². The Balaban J connectivity index is 1.94. The average Bonchev–Trinajstić information content (AvgIpc) is 3.09. The van der Waals surface area contributed by atoms with Crippen molar-refractivity contribution in [2.75, 3.05) is 26.0 Å². The maximum Gasteiger partial charge on any atom is 0.230 e. The molecule has 0 radical (unpaired) electrons. The van der Waals surface area contributed by atoms with Crippen LogP contribution in [0.15, 0.2) is 29.4 Å². The summed E-state index contributed by atoms with van der Waals surface area (Å²) in [5, 5.41) is 12.2. The summed E-state index contributed by atoms with van der Waals surface area (Å²) in [7, 11) is 1.65. The van der Waals surface area contributed by atoms with E-state index in [1.165, 1.54) is 17.3 Å². The first-order chi connectivity index (χ1) is 14.0. The second-order valence-corrected chi connectivity index (χ2v) is 8.12. The number of benzene rings is 1. The van der Waals surface area contributed by atoms with Crippen molar-refractivity contribution >= 4 is 17.7 Å². The molecule has 1 heterocycles. The van der Waals surface area contributed by atoms with Crippen LogP contribution in [0.2, 0.25) is 0 Å². The second-order valence-electron chi connectivity index (χ2n) is 7.17. The number of thioether (sulfide) groups is 1. The first-order valence-corrected chi connectivity index (χ1v) is 11.0. The van der Waals surface area contributed by atoms with E-state index < -0.39 is 0 Å². The molecule has 8 heteroatoms. The fraction of sp³-hybridized carbons (Fsp3) is 0.571. The Hall–Kier alpha value is -2.06. The number of amides is 1. The highest BCUT2D eigenvalue weighted by molar-refractivity contribution is 7.99. The normalized spacial score (nSPS) is 11.1. The molecule has 1 N–H and O–H groups in total. The predicted octanol–water partition coefficient (Wildman–Crippen LogP) is 3.32. The molecule has 0 unspecified atom stereocenters. The van der Waals surface area contributed by atoms with Gasteiger partial charge in [0.15, 0.2) is 11.0 Å². The number of ether oxygens (including phenoxy) is 2. The highest BCUT2D eigenvalue weighted by Gasteiger charge is 2.16. The number of aromatic nitrogens is 3. The van der Waals surface area contributed by atoms with E-state index in [2.05, 4.69) is 48.4 Å². The minimum absolute atomic E-state index is 0.0148. The highest BCUT2D eigenvalue weighted by Crippen LogP contribution is 2.20. The first kappa shape index (κ1) is 23.2. The summed E-state index contributed by atoms with van der Waals surface area (Å²) < 4.78 is 12.9. The maximum absolute atomic E-state index is 12.0. The molecule has 1 aromatic heterocycles. The third kappa shape index (κ3) is 8.06. The minimum Gasteiger partial charge on any atom is -0.486 e. The summed E-state index contributed by atoms with van der Waals surface area (Å²) in [6.07, 6.45) is 1.81. The number of nitrogens with zero attached hydrogens (tertiary/aromatic N) is 3. The summed E-state index contributed by atoms with van der Waals surface area (Å²) in [4.78, 5) is 12.0. The van der Waals surface area contributed by atoms with E-state index in [1.807, 2.05) is 16.7 Å². The SMILES string of the molecule is CCc1ccc(OCc2nnc(SCC(=O)NCCCOC)n2CC(C)C)cc1. The van der Waals surface area contributed by atoms with Crippen LogP contribution >= 0.6 is 11.8 Å². The lowest BCUT2D eigenvalue weighted by Crippen LogP contribution is -2.27. The molecule has 2 rings (SSSR count). The van der Waals surface area contributed by atoms with E-state index >= 15 is 0 Å². The van der Waals surface area contributed by atoms with Crippen LogP contribution in [-0.2, 0) is 29.1 Å². The number of aryl methyl sites for hydroxylation is 1. The van der Waals surface area contributed by atoms with Gasteiger partial charge in [-0.05, 0) is 36.5 Å². The van der Waals surface area contributed by atoms with Crippen LogP contribution in [0.5, 0.6) is 5.75 Å². The molecule has 0 atom stereocenters. The molecule has 0 spiro atoms. The molecule has 1 aromatic carbocycles. The van der Waals surface area contributed by atoms with Crippen LogP contribution in [0.25, 0.3) is 0 Å². The summed E-state index contributed by atoms with van der Waals surface area (Å²) >= 11 is 1.40. The quantitative estimate of drug-likeness (QED) is 0.396. The predicted molar refractivity (Wildman–Crippen MR) is 115 cm³/mol. The van der Waals surface area contributed by atoms with Crippen LogP contribution < -0.4 is 10.1 Å². The molecule has 2 aromatic rings. The van der Waals surface area contributed by atoms with Gasteiger partial charge in [0.25, 0.3) is 0 Å². The van der Waals surface area contributed by atoms with Crippen LogP contribution in [0.4, 0.5) is 0 Å². The molecular weight excluding hydrogens is 388 g/mol. The number of nitrogens with one attached hydrogen (secondary N) is 1. The van der Waals surface area contributed by atoms with Gasteiger partial charge in [0.05, 0.1) is 5.75 Å². The van der Waals surface area contributed by atoms with Gasteiger partial charge in [-0.15, -0.1) is 10.2 Å². The summed E-state index contributed by atoms with van der Waals surface area (Å²) in [6, 6.07) is 8.10. The lowest BCUT2D eigenvalue weighted by atomic mass is 10.2. The average molecular weight is 421 g/mol. The van der Waals surface area contributed by atoms with Crippen molar-refractivity contribution < 1.29 is 14.3 Å². The van der Waals surface area contributed by atoms with Gasteiger partial charge in [-0.3, -0.25) is 4.79 Å². The van der Waals surface area contributed by atoms with Crippen LogP contribution in [0.3, 0.4) is 0 Å². The monoisotopic (exact) mass is 420 g/mol. The minimum atomic E-state index is -0.0148. The molecule has 0 bridgehead atoms. The smallest absolute Gasteiger partial charge is 0.230 e. The molecule has 29 heavy (non-hydrogen) atoms. The third-order valence-electron chi connectivity index (χ3n) is 4.22. The molecule has 0 saturated heterocycles. The van der Waals surface area contributed by atoms with Crippen molar-refractivity contribution in [1.29, 1.82) is 0 Å². The molecule has 160 valence electrons. The van der Waals surface area contributed by atoms with Crippen molar-refractivity contribution in [3.8, 4) is 5.75 Å². The fourth-order valence-electron chi connectivity index (χ4n) is 2.68. The molecule has 1 amide bonds. The van der Waals surface area contributed by atoms with Gasteiger partial charge in [0.2, 0.25) is 5.91 Å². The molecular formula is C21H32N4O3S. The zero-order valence-electron chi connectivity index (χ0n) is 17.8. The fourth-order valence-corrected chi connectivity index (χ4v) is 3.47. The number of hydrogen-bond acceptors (Lipinski definition) is 6. The van der Waals surface area contributed by atoms with Crippen LogP contribution in [0.1, 0.15) is 38.6 Å². The zero-order valence-corrected chi connectivity index (χ0v) is 18.6. The highest BCUT2D eigenvalue weighted by atomic mass is 32.2. The lowest BCUT2D eigenvalue weighted by Gasteiger charge is -2.13. The topological polar surface area (TPSA) is 78.3 Å². The molecule has 0 saturated carbocycles. The summed E-state index contributed by atoms with van der Waals surface area (Å²) in [5.74, 6) is 2.30. The summed E-state index contributed by atoms with van der Waals surface area (Å²) in [5.41, 5.74) is 1.28. The number of methoxy groups -OCH3 is 1. The Morgan fingerprint density at radius 3 is 2.66 bits per heavy atom. The molecule has 7 nitrogen and oxygen atoms in total.